The summed E-state index contributed by atoms with van der Waals surface area (Å²) in [7, 11) is 3.75. The minimum absolute atomic E-state index is 0.194. The maximum atomic E-state index is 5.62. The Hall–Kier alpha value is -1.63. The molecule has 0 amide bonds. The van der Waals surface area contributed by atoms with Crippen LogP contribution in [0, 0.1) is 5.92 Å². The molecule has 0 saturated carbocycles. The van der Waals surface area contributed by atoms with Gasteiger partial charge in [-0.1, -0.05) is 6.07 Å². The summed E-state index contributed by atoms with van der Waals surface area (Å²) in [5.41, 5.74) is 4.55. The Morgan fingerprint density at radius 1 is 1.39 bits per heavy atom. The molecule has 1 aromatic carbocycles. The van der Waals surface area contributed by atoms with Gasteiger partial charge in [-0.25, -0.2) is 4.98 Å². The van der Waals surface area contributed by atoms with Crippen molar-refractivity contribution < 1.29 is 9.47 Å². The van der Waals surface area contributed by atoms with Crippen molar-refractivity contribution in [3.8, 4) is 5.75 Å². The lowest BCUT2D eigenvalue weighted by Crippen LogP contribution is -2.63. The van der Waals surface area contributed by atoms with E-state index in [0.29, 0.717) is 18.1 Å². The van der Waals surface area contributed by atoms with E-state index in [1.54, 1.807) is 7.11 Å². The van der Waals surface area contributed by atoms with Gasteiger partial charge in [0.1, 0.15) is 5.75 Å². The number of piperidine rings is 1. The van der Waals surface area contributed by atoms with Gasteiger partial charge in [0.25, 0.3) is 0 Å². The molecular formula is C22H27N3O2S. The van der Waals surface area contributed by atoms with E-state index in [1.165, 1.54) is 28.1 Å². The Balaban J connectivity index is 1.48. The van der Waals surface area contributed by atoms with E-state index in [9.17, 15) is 0 Å². The number of nitrogens with one attached hydrogen (secondary N) is 1. The molecule has 6 heteroatoms. The Morgan fingerprint density at radius 2 is 2.29 bits per heavy atom. The summed E-state index contributed by atoms with van der Waals surface area (Å²) in [6.45, 7) is 3.20. The first kappa shape index (κ1) is 17.2. The summed E-state index contributed by atoms with van der Waals surface area (Å²) >= 11 is 1.85. The number of epoxide rings is 1. The summed E-state index contributed by atoms with van der Waals surface area (Å²) in [4.78, 5) is 9.16. The molecule has 2 aliphatic carbocycles. The third-order valence-corrected chi connectivity index (χ3v) is 8.63. The highest BCUT2D eigenvalue weighted by molar-refractivity contribution is 7.15. The first-order chi connectivity index (χ1) is 13.7. The zero-order chi connectivity index (χ0) is 18.9. The summed E-state index contributed by atoms with van der Waals surface area (Å²) in [6, 6.07) is 7.38. The molecule has 1 aromatic heterocycles. The van der Waals surface area contributed by atoms with E-state index in [0.717, 1.165) is 49.8 Å². The van der Waals surface area contributed by atoms with Crippen LogP contribution in [0.2, 0.25) is 0 Å². The topological polar surface area (TPSA) is 49.9 Å². The number of thiazole rings is 1. The first-order valence-electron chi connectivity index (χ1n) is 10.4. The number of rotatable bonds is 4. The van der Waals surface area contributed by atoms with Gasteiger partial charge in [0.2, 0.25) is 0 Å². The number of likely N-dealkylation sites (tertiary alicyclic amines) is 1. The highest BCUT2D eigenvalue weighted by atomic mass is 32.1. The van der Waals surface area contributed by atoms with Crippen LogP contribution in [0.3, 0.4) is 0 Å². The average Bonchev–Trinajstić information content (AvgIpc) is 3.45. The third kappa shape index (κ3) is 2.47. The van der Waals surface area contributed by atoms with Gasteiger partial charge < -0.3 is 14.8 Å². The second kappa shape index (κ2) is 6.18. The summed E-state index contributed by atoms with van der Waals surface area (Å²) < 4.78 is 11.2. The lowest BCUT2D eigenvalue weighted by Gasteiger charge is -2.58. The molecule has 1 N–H and O–H groups in total. The number of methoxy groups -OCH3 is 1. The number of hydrogen-bond acceptors (Lipinski definition) is 6. The molecule has 4 atom stereocenters. The molecular weight excluding hydrogens is 370 g/mol. The van der Waals surface area contributed by atoms with Gasteiger partial charge in [-0.2, -0.15) is 0 Å². The third-order valence-electron chi connectivity index (χ3n) is 7.49. The normalized spacial score (nSPS) is 32.9. The molecule has 2 saturated heterocycles. The van der Waals surface area contributed by atoms with Gasteiger partial charge in [0.15, 0.2) is 5.13 Å². The Bertz CT molecular complexity index is 925. The maximum absolute atomic E-state index is 5.62. The van der Waals surface area contributed by atoms with Crippen molar-refractivity contribution in [2.45, 2.75) is 43.2 Å². The van der Waals surface area contributed by atoms with Crippen molar-refractivity contribution in [3.63, 3.8) is 0 Å². The average molecular weight is 398 g/mol. The van der Waals surface area contributed by atoms with Crippen LogP contribution < -0.4 is 10.1 Å². The van der Waals surface area contributed by atoms with E-state index < -0.39 is 0 Å². The number of aromatic nitrogens is 1. The van der Waals surface area contributed by atoms with E-state index in [1.807, 2.05) is 18.4 Å². The number of hydrogen-bond donors (Lipinski definition) is 1. The molecule has 2 fully saturated rings. The molecule has 6 rings (SSSR count). The minimum atomic E-state index is 0.194. The number of anilines is 1. The Labute approximate surface area is 170 Å². The van der Waals surface area contributed by atoms with Crippen molar-refractivity contribution in [2.75, 3.05) is 39.2 Å². The van der Waals surface area contributed by atoms with Crippen molar-refractivity contribution in [1.82, 2.24) is 9.88 Å². The fourth-order valence-corrected chi connectivity index (χ4v) is 7.06. The lowest BCUT2D eigenvalue weighted by atomic mass is 9.53. The van der Waals surface area contributed by atoms with Crippen LogP contribution >= 0.6 is 11.3 Å². The van der Waals surface area contributed by atoms with Gasteiger partial charge in [-0.15, -0.1) is 11.3 Å². The van der Waals surface area contributed by atoms with E-state index >= 15 is 0 Å². The fraction of sp³-hybridized carbons (Fsp3) is 0.591. The van der Waals surface area contributed by atoms with Crippen LogP contribution in [0.1, 0.15) is 28.1 Å². The highest BCUT2D eigenvalue weighted by Gasteiger charge is 2.56. The second-order valence-electron chi connectivity index (χ2n) is 8.78. The zero-order valence-corrected chi connectivity index (χ0v) is 17.3. The van der Waals surface area contributed by atoms with Gasteiger partial charge in [0.05, 0.1) is 25.5 Å². The number of nitrogens with zero attached hydrogens (tertiary/aromatic N) is 2. The minimum Gasteiger partial charge on any atom is -0.497 e. The fourth-order valence-electron chi connectivity index (χ4n) is 6.07. The van der Waals surface area contributed by atoms with Crippen LogP contribution in [-0.4, -0.2) is 55.9 Å². The number of fused-ring (bicyclic) bond motifs is 2. The van der Waals surface area contributed by atoms with Crippen molar-refractivity contribution in [3.05, 3.63) is 39.9 Å². The molecule has 2 aliphatic heterocycles. The van der Waals surface area contributed by atoms with Crippen LogP contribution in [-0.2, 0) is 29.4 Å². The summed E-state index contributed by atoms with van der Waals surface area (Å²) in [5.74, 6) is 1.64. The van der Waals surface area contributed by atoms with Crippen molar-refractivity contribution in [1.29, 1.82) is 0 Å². The van der Waals surface area contributed by atoms with Gasteiger partial charge >= 0.3 is 0 Å². The summed E-state index contributed by atoms with van der Waals surface area (Å²) in [6.07, 6.45) is 5.02. The molecule has 2 aromatic rings. The van der Waals surface area contributed by atoms with Crippen LogP contribution in [0.5, 0.6) is 5.75 Å². The predicted molar refractivity (Wildman–Crippen MR) is 111 cm³/mol. The number of benzene rings is 1. The Kier molecular flexibility index (Phi) is 3.81. The largest absolute Gasteiger partial charge is 0.497 e. The smallest absolute Gasteiger partial charge is 0.182 e. The van der Waals surface area contributed by atoms with Gasteiger partial charge in [0, 0.05) is 36.3 Å². The van der Waals surface area contributed by atoms with E-state index in [4.69, 9.17) is 14.5 Å². The second-order valence-corrected chi connectivity index (χ2v) is 9.86. The molecule has 4 aliphatic rings. The molecule has 5 nitrogen and oxygen atoms in total. The van der Waals surface area contributed by atoms with Gasteiger partial charge in [-0.3, -0.25) is 4.90 Å². The zero-order valence-electron chi connectivity index (χ0n) is 16.5. The maximum Gasteiger partial charge on any atom is 0.182 e. The van der Waals surface area contributed by atoms with Crippen molar-refractivity contribution >= 4 is 16.5 Å². The molecule has 1 unspecified atom stereocenters. The SMILES string of the molecule is CNc1nc2c(s1)C[C@H]1[C@H]3Cc4ccc(OC)cc4[C@@]1(CCN3CC1CO1)C2. The van der Waals surface area contributed by atoms with Gasteiger partial charge in [-0.05, 0) is 55.0 Å². The quantitative estimate of drug-likeness (QED) is 0.804. The standard InChI is InChI=1S/C22H27N3O2S/c1-23-21-24-18-10-22-5-6-25(11-15-12-27-15)19(17(22)9-20(18)28-21)7-13-3-4-14(26-2)8-16(13)22/h3-4,8,15,17,19H,5-7,9-12H2,1-2H3,(H,23,24)/t15?,17-,19+,22+/m0/s1. The number of ether oxygens (including phenoxy) is 2. The van der Waals surface area contributed by atoms with E-state index in [-0.39, 0.29) is 5.41 Å². The van der Waals surface area contributed by atoms with Crippen LogP contribution in [0.4, 0.5) is 5.13 Å². The van der Waals surface area contributed by atoms with Crippen LogP contribution in [0.15, 0.2) is 18.2 Å². The molecule has 3 heterocycles. The monoisotopic (exact) mass is 397 g/mol. The molecule has 0 spiro atoms. The van der Waals surface area contributed by atoms with Crippen LogP contribution in [0.25, 0.3) is 0 Å². The summed E-state index contributed by atoms with van der Waals surface area (Å²) in [5, 5.41) is 4.32. The highest BCUT2D eigenvalue weighted by Crippen LogP contribution is 2.56. The molecule has 28 heavy (non-hydrogen) atoms. The lowest BCUT2D eigenvalue weighted by molar-refractivity contribution is 0.00463. The van der Waals surface area contributed by atoms with Crippen molar-refractivity contribution in [2.24, 2.45) is 5.92 Å². The predicted octanol–water partition coefficient (Wildman–Crippen LogP) is 2.88. The van der Waals surface area contributed by atoms with E-state index in [2.05, 4.69) is 28.4 Å². The molecule has 2 bridgehead atoms. The first-order valence-corrected chi connectivity index (χ1v) is 11.2. The molecule has 0 radical (unpaired) electrons. The Morgan fingerprint density at radius 3 is 3.07 bits per heavy atom. The molecule has 148 valence electrons.